The van der Waals surface area contributed by atoms with Gasteiger partial charge in [-0.15, -0.1) is 0 Å². The van der Waals surface area contributed by atoms with Crippen LogP contribution in [-0.2, 0) is 10.2 Å². The maximum absolute atomic E-state index is 12.0. The molecule has 1 unspecified atom stereocenters. The summed E-state index contributed by atoms with van der Waals surface area (Å²) in [6, 6.07) is 38.2. The number of carbonyl (C=O) groups is 1. The molecule has 0 bridgehead atoms. The number of aldehydes is 1. The Balaban J connectivity index is 1.44. The highest BCUT2D eigenvalue weighted by Crippen LogP contribution is 2.43. The van der Waals surface area contributed by atoms with E-state index in [1.165, 1.54) is 33.4 Å². The summed E-state index contributed by atoms with van der Waals surface area (Å²) >= 11 is 0. The van der Waals surface area contributed by atoms with E-state index >= 15 is 0 Å². The van der Waals surface area contributed by atoms with Gasteiger partial charge in [0.2, 0.25) is 0 Å². The van der Waals surface area contributed by atoms with Gasteiger partial charge in [-0.25, -0.2) is 0 Å². The van der Waals surface area contributed by atoms with Crippen LogP contribution < -0.4 is 0 Å². The first-order chi connectivity index (χ1) is 16.2. The highest BCUT2D eigenvalue weighted by molar-refractivity contribution is 5.84. The van der Waals surface area contributed by atoms with Crippen molar-refractivity contribution >= 4 is 11.9 Å². The van der Waals surface area contributed by atoms with Gasteiger partial charge >= 0.3 is 0 Å². The highest BCUT2D eigenvalue weighted by Gasteiger charge is 2.34. The van der Waals surface area contributed by atoms with Crippen LogP contribution in [-0.4, -0.2) is 6.29 Å². The van der Waals surface area contributed by atoms with E-state index in [0.29, 0.717) is 0 Å². The van der Waals surface area contributed by atoms with E-state index in [4.69, 9.17) is 0 Å². The molecule has 33 heavy (non-hydrogen) atoms. The van der Waals surface area contributed by atoms with Crippen molar-refractivity contribution in [2.75, 3.05) is 0 Å². The fourth-order valence-corrected chi connectivity index (χ4v) is 4.72. The van der Waals surface area contributed by atoms with Crippen LogP contribution in [0.4, 0.5) is 0 Å². The first kappa shape index (κ1) is 20.9. The van der Waals surface area contributed by atoms with E-state index < -0.39 is 0 Å². The van der Waals surface area contributed by atoms with Gasteiger partial charge in [0, 0.05) is 11.0 Å². The van der Waals surface area contributed by atoms with E-state index in [9.17, 15) is 4.79 Å². The van der Waals surface area contributed by atoms with Crippen LogP contribution in [0.1, 0.15) is 24.5 Å². The van der Waals surface area contributed by atoms with Crippen LogP contribution in [0.2, 0.25) is 0 Å². The molecule has 0 aliphatic heterocycles. The summed E-state index contributed by atoms with van der Waals surface area (Å²) in [5, 5.41) is 0. The van der Waals surface area contributed by atoms with Gasteiger partial charge < -0.3 is 0 Å². The summed E-state index contributed by atoms with van der Waals surface area (Å²) in [7, 11) is 0. The van der Waals surface area contributed by atoms with Crippen LogP contribution in [0.3, 0.4) is 0 Å². The zero-order chi connectivity index (χ0) is 22.7. The van der Waals surface area contributed by atoms with E-state index in [1.807, 2.05) is 18.2 Å². The molecule has 1 aliphatic rings. The molecule has 4 aromatic rings. The van der Waals surface area contributed by atoms with Crippen molar-refractivity contribution in [1.29, 1.82) is 0 Å². The zero-order valence-electron chi connectivity index (χ0n) is 18.7. The second-order valence-electron chi connectivity index (χ2n) is 8.83. The predicted molar refractivity (Wildman–Crippen MR) is 138 cm³/mol. The number of hydrogen-bond acceptors (Lipinski definition) is 1. The molecular formula is C32H26O. The monoisotopic (exact) mass is 426 g/mol. The van der Waals surface area contributed by atoms with Gasteiger partial charge in [-0.1, -0.05) is 128 Å². The van der Waals surface area contributed by atoms with Crippen molar-refractivity contribution in [2.24, 2.45) is 0 Å². The number of carbonyl (C=O) groups excluding carboxylic acids is 1. The van der Waals surface area contributed by atoms with Crippen molar-refractivity contribution in [2.45, 2.75) is 18.8 Å². The quantitative estimate of drug-likeness (QED) is 0.297. The minimum absolute atomic E-state index is 0.362. The van der Waals surface area contributed by atoms with Crippen LogP contribution in [0.15, 0.2) is 127 Å². The number of benzene rings is 4. The summed E-state index contributed by atoms with van der Waals surface area (Å²) in [5.74, 6) is 0. The summed E-state index contributed by atoms with van der Waals surface area (Å²) < 4.78 is 0. The summed E-state index contributed by atoms with van der Waals surface area (Å²) in [6.07, 6.45) is 5.88. The van der Waals surface area contributed by atoms with Crippen LogP contribution in [0.5, 0.6) is 0 Å². The van der Waals surface area contributed by atoms with Gasteiger partial charge in [-0.05, 0) is 45.4 Å². The van der Waals surface area contributed by atoms with Crippen molar-refractivity contribution < 1.29 is 4.79 Å². The molecule has 0 saturated carbocycles. The molecule has 1 atom stereocenters. The fourth-order valence-electron chi connectivity index (χ4n) is 4.72. The highest BCUT2D eigenvalue weighted by atomic mass is 16.1. The Morgan fingerprint density at radius 2 is 1.03 bits per heavy atom. The molecule has 0 radical (unpaired) electrons. The minimum Gasteiger partial charge on any atom is -0.298 e. The Bertz CT molecular complexity index is 1310. The summed E-state index contributed by atoms with van der Waals surface area (Å²) in [5.41, 5.74) is 8.86. The molecule has 0 amide bonds. The van der Waals surface area contributed by atoms with Crippen LogP contribution in [0.25, 0.3) is 27.8 Å². The molecule has 0 saturated heterocycles. The van der Waals surface area contributed by atoms with Crippen molar-refractivity contribution in [1.82, 2.24) is 0 Å². The predicted octanol–water partition coefficient (Wildman–Crippen LogP) is 7.89. The smallest absolute Gasteiger partial charge is 0.146 e. The molecule has 0 spiro atoms. The Hall–Kier alpha value is -3.97. The lowest BCUT2D eigenvalue weighted by molar-refractivity contribution is -0.105. The Labute approximate surface area is 195 Å². The van der Waals surface area contributed by atoms with Gasteiger partial charge in [0.25, 0.3) is 0 Å². The lowest BCUT2D eigenvalue weighted by Gasteiger charge is -2.34. The molecular weight excluding hydrogens is 400 g/mol. The Kier molecular flexibility index (Phi) is 5.62. The molecule has 1 aliphatic carbocycles. The molecule has 1 nitrogen and oxygen atoms in total. The average molecular weight is 427 g/mol. The Morgan fingerprint density at radius 3 is 1.55 bits per heavy atom. The van der Waals surface area contributed by atoms with E-state index in [0.717, 1.165) is 23.8 Å². The molecule has 0 aromatic heterocycles. The van der Waals surface area contributed by atoms with Crippen molar-refractivity contribution in [3.05, 3.63) is 138 Å². The van der Waals surface area contributed by atoms with Crippen LogP contribution in [0, 0.1) is 0 Å². The normalized spacial score (nSPS) is 17.7. The third kappa shape index (κ3) is 4.10. The first-order valence-corrected chi connectivity index (χ1v) is 11.4. The lowest BCUT2D eigenvalue weighted by Crippen LogP contribution is -2.28. The molecule has 4 aromatic carbocycles. The topological polar surface area (TPSA) is 17.1 Å². The van der Waals surface area contributed by atoms with Gasteiger partial charge in [-0.2, -0.15) is 0 Å². The molecule has 1 heteroatoms. The van der Waals surface area contributed by atoms with E-state index in [1.54, 1.807) is 0 Å². The van der Waals surface area contributed by atoms with Crippen LogP contribution >= 0.6 is 0 Å². The van der Waals surface area contributed by atoms with Crippen molar-refractivity contribution in [3.8, 4) is 22.3 Å². The number of hydrogen-bond donors (Lipinski definition) is 0. The third-order valence-corrected chi connectivity index (χ3v) is 6.76. The largest absolute Gasteiger partial charge is 0.298 e. The number of allylic oxidation sites excluding steroid dienone is 4. The second-order valence-corrected chi connectivity index (χ2v) is 8.83. The van der Waals surface area contributed by atoms with E-state index in [-0.39, 0.29) is 5.41 Å². The summed E-state index contributed by atoms with van der Waals surface area (Å²) in [4.78, 5) is 12.0. The second kappa shape index (κ2) is 8.88. The maximum atomic E-state index is 12.0. The maximum Gasteiger partial charge on any atom is 0.146 e. The first-order valence-electron chi connectivity index (χ1n) is 11.4. The fraction of sp³-hybridized carbons (Fsp3) is 0.0938. The van der Waals surface area contributed by atoms with Crippen molar-refractivity contribution in [3.63, 3.8) is 0 Å². The van der Waals surface area contributed by atoms with E-state index in [2.05, 4.69) is 110 Å². The third-order valence-electron chi connectivity index (χ3n) is 6.76. The summed E-state index contributed by atoms with van der Waals surface area (Å²) in [6.45, 7) is 2.18. The standard InChI is InChI=1S/C32H26O/c1-32(30-19-16-27(17-20-30)25-10-6-3-7-11-25)22-29(18-21-31(32)23-33)28-14-12-26(13-15-28)24-8-4-2-5-9-24/h2-21,23H,22H2,1H3. The molecule has 5 rings (SSSR count). The van der Waals surface area contributed by atoms with Gasteiger partial charge in [-0.3, -0.25) is 4.79 Å². The molecule has 0 fully saturated rings. The minimum atomic E-state index is -0.362. The SMILES string of the molecule is CC1(c2ccc(-c3ccccc3)cc2)CC(c2ccc(-c3ccccc3)cc2)=CC=C1C=O. The lowest BCUT2D eigenvalue weighted by atomic mass is 9.68. The van der Waals surface area contributed by atoms with Gasteiger partial charge in [0.15, 0.2) is 0 Å². The zero-order valence-corrected chi connectivity index (χ0v) is 18.7. The van der Waals surface area contributed by atoms with Gasteiger partial charge in [0.1, 0.15) is 6.29 Å². The Morgan fingerprint density at radius 1 is 0.576 bits per heavy atom. The average Bonchev–Trinajstić information content (AvgIpc) is 2.90. The molecule has 0 heterocycles. The van der Waals surface area contributed by atoms with Gasteiger partial charge in [0.05, 0.1) is 0 Å². The molecule has 160 valence electrons. The molecule has 0 N–H and O–H groups in total. The number of rotatable bonds is 5.